The van der Waals surface area contributed by atoms with Gasteiger partial charge < -0.3 is 10.2 Å². The Morgan fingerprint density at radius 2 is 1.71 bits per heavy atom. The normalized spacial score (nSPS) is 12.0. The Morgan fingerprint density at radius 1 is 1.06 bits per heavy atom. The molecule has 1 heterocycles. The second-order valence-corrected chi connectivity index (χ2v) is 8.44. The van der Waals surface area contributed by atoms with Crippen molar-refractivity contribution >= 4 is 11.8 Å². The second-order valence-electron chi connectivity index (χ2n) is 8.44. The summed E-state index contributed by atoms with van der Waals surface area (Å²) >= 11 is 0. The van der Waals surface area contributed by atoms with Gasteiger partial charge in [0.05, 0.1) is 5.69 Å². The molecule has 2 amide bonds. The molecule has 6 nitrogen and oxygen atoms in total. The number of H-pyrrole nitrogens is 1. The number of hydrogen-bond acceptors (Lipinski definition) is 3. The Bertz CT molecular complexity index is 1130. The Kier molecular flexibility index (Phi) is 8.09. The third-order valence-corrected chi connectivity index (χ3v) is 5.50. The number of aryl methyl sites for hydroxylation is 1. The summed E-state index contributed by atoms with van der Waals surface area (Å²) in [6.07, 6.45) is 1.24. The van der Waals surface area contributed by atoms with Crippen LogP contribution in [-0.2, 0) is 11.2 Å². The Morgan fingerprint density at radius 3 is 2.32 bits per heavy atom. The van der Waals surface area contributed by atoms with E-state index in [4.69, 9.17) is 0 Å². The van der Waals surface area contributed by atoms with Crippen molar-refractivity contribution in [3.8, 4) is 11.3 Å². The summed E-state index contributed by atoms with van der Waals surface area (Å²) in [4.78, 5) is 26.9. The number of hydrogen-bond donors (Lipinski definition) is 2. The van der Waals surface area contributed by atoms with Gasteiger partial charge in [-0.1, -0.05) is 19.9 Å². The van der Waals surface area contributed by atoms with Crippen LogP contribution in [0.25, 0.3) is 11.3 Å². The first-order valence-electron chi connectivity index (χ1n) is 11.0. The number of aromatic amines is 1. The maximum absolute atomic E-state index is 13.9. The van der Waals surface area contributed by atoms with Crippen LogP contribution in [0.2, 0.25) is 0 Å². The fraction of sp³-hybridized carbons (Fsp3) is 0.320. The summed E-state index contributed by atoms with van der Waals surface area (Å²) < 4.78 is 41.0. The van der Waals surface area contributed by atoms with E-state index in [2.05, 4.69) is 15.5 Å². The maximum Gasteiger partial charge on any atom is 0.257 e. The summed E-state index contributed by atoms with van der Waals surface area (Å²) in [7, 11) is 1.62. The predicted molar refractivity (Wildman–Crippen MR) is 122 cm³/mol. The minimum atomic E-state index is -0.986. The molecule has 1 atom stereocenters. The molecule has 0 fully saturated rings. The molecule has 180 valence electrons. The topological polar surface area (TPSA) is 78.1 Å². The first-order chi connectivity index (χ1) is 16.2. The number of nitrogens with zero attached hydrogens (tertiary/aromatic N) is 2. The highest BCUT2D eigenvalue weighted by molar-refractivity contribution is 5.98. The van der Waals surface area contributed by atoms with Crippen molar-refractivity contribution in [2.45, 2.75) is 32.7 Å². The van der Waals surface area contributed by atoms with Crippen LogP contribution in [0.15, 0.2) is 48.5 Å². The highest BCUT2D eigenvalue weighted by atomic mass is 19.1. The number of halogens is 3. The SMILES string of the molecule is CC(C)[C@H](NC(=O)c1c(F)cccc1F)C(=O)N(C)CCCc1cc(-c2ccc(F)cc2)n[nH]1. The molecule has 0 unspecified atom stereocenters. The van der Waals surface area contributed by atoms with E-state index in [0.29, 0.717) is 25.1 Å². The molecule has 1 aromatic heterocycles. The van der Waals surface area contributed by atoms with Crippen LogP contribution < -0.4 is 5.32 Å². The summed E-state index contributed by atoms with van der Waals surface area (Å²) in [6, 6.07) is 10.1. The Balaban J connectivity index is 1.57. The molecule has 0 aliphatic carbocycles. The van der Waals surface area contributed by atoms with E-state index in [1.807, 2.05) is 6.07 Å². The van der Waals surface area contributed by atoms with E-state index in [9.17, 15) is 22.8 Å². The molecule has 2 aromatic carbocycles. The molecule has 9 heteroatoms. The van der Waals surface area contributed by atoms with Gasteiger partial charge in [-0.25, -0.2) is 13.2 Å². The summed E-state index contributed by atoms with van der Waals surface area (Å²) in [5.41, 5.74) is 1.64. The van der Waals surface area contributed by atoms with Crippen LogP contribution in [0, 0.1) is 23.4 Å². The molecular formula is C25H27F3N4O2. The van der Waals surface area contributed by atoms with E-state index >= 15 is 0 Å². The van der Waals surface area contributed by atoms with Gasteiger partial charge >= 0.3 is 0 Å². The van der Waals surface area contributed by atoms with Crippen LogP contribution in [-0.4, -0.2) is 46.5 Å². The predicted octanol–water partition coefficient (Wildman–Crippen LogP) is 4.34. The fourth-order valence-corrected chi connectivity index (χ4v) is 3.55. The molecule has 0 aliphatic rings. The van der Waals surface area contributed by atoms with Crippen molar-refractivity contribution in [3.63, 3.8) is 0 Å². The number of likely N-dealkylation sites (N-methyl/N-ethyl adjacent to an activating group) is 1. The van der Waals surface area contributed by atoms with Gasteiger partial charge in [-0.3, -0.25) is 14.7 Å². The van der Waals surface area contributed by atoms with E-state index in [0.717, 1.165) is 23.4 Å². The molecule has 0 aliphatic heterocycles. The molecular weight excluding hydrogens is 445 g/mol. The average Bonchev–Trinajstić information content (AvgIpc) is 3.26. The molecule has 34 heavy (non-hydrogen) atoms. The third kappa shape index (κ3) is 6.03. The summed E-state index contributed by atoms with van der Waals surface area (Å²) in [5, 5.41) is 9.66. The van der Waals surface area contributed by atoms with Crippen molar-refractivity contribution in [3.05, 3.63) is 77.2 Å². The zero-order valence-corrected chi connectivity index (χ0v) is 19.2. The molecule has 0 bridgehead atoms. The maximum atomic E-state index is 13.9. The lowest BCUT2D eigenvalue weighted by atomic mass is 10.0. The van der Waals surface area contributed by atoms with Crippen molar-refractivity contribution in [1.82, 2.24) is 20.4 Å². The van der Waals surface area contributed by atoms with Gasteiger partial charge in [0, 0.05) is 24.8 Å². The van der Waals surface area contributed by atoms with Gasteiger partial charge in [0.25, 0.3) is 5.91 Å². The lowest BCUT2D eigenvalue weighted by molar-refractivity contribution is -0.133. The first-order valence-corrected chi connectivity index (χ1v) is 11.0. The van der Waals surface area contributed by atoms with E-state index < -0.39 is 29.1 Å². The molecule has 0 saturated heterocycles. The minimum absolute atomic E-state index is 0.292. The van der Waals surface area contributed by atoms with Gasteiger partial charge in [-0.2, -0.15) is 5.10 Å². The zero-order valence-electron chi connectivity index (χ0n) is 19.2. The lowest BCUT2D eigenvalue weighted by Crippen LogP contribution is -2.50. The molecule has 0 saturated carbocycles. The van der Waals surface area contributed by atoms with Crippen LogP contribution in [0.5, 0.6) is 0 Å². The van der Waals surface area contributed by atoms with E-state index in [1.165, 1.54) is 23.1 Å². The molecule has 3 aromatic rings. The molecule has 3 rings (SSSR count). The number of carbonyl (C=O) groups is 2. The largest absolute Gasteiger partial charge is 0.344 e. The number of carbonyl (C=O) groups excluding carboxylic acids is 2. The van der Waals surface area contributed by atoms with Gasteiger partial charge in [0.15, 0.2) is 0 Å². The van der Waals surface area contributed by atoms with Gasteiger partial charge in [-0.05, 0) is 61.2 Å². The first kappa shape index (κ1) is 25.0. The zero-order chi connectivity index (χ0) is 24.8. The van der Waals surface area contributed by atoms with Gasteiger partial charge in [0.1, 0.15) is 29.1 Å². The van der Waals surface area contributed by atoms with Gasteiger partial charge in [0.2, 0.25) is 5.91 Å². The summed E-state index contributed by atoms with van der Waals surface area (Å²) in [6.45, 7) is 3.89. The minimum Gasteiger partial charge on any atom is -0.344 e. The van der Waals surface area contributed by atoms with Crippen molar-refractivity contribution in [1.29, 1.82) is 0 Å². The number of amides is 2. The number of rotatable bonds is 9. The highest BCUT2D eigenvalue weighted by Crippen LogP contribution is 2.19. The number of aromatic nitrogens is 2. The van der Waals surface area contributed by atoms with Crippen molar-refractivity contribution in [2.75, 3.05) is 13.6 Å². The smallest absolute Gasteiger partial charge is 0.257 e. The van der Waals surface area contributed by atoms with E-state index in [-0.39, 0.29) is 17.6 Å². The van der Waals surface area contributed by atoms with Crippen LogP contribution in [0.3, 0.4) is 0 Å². The van der Waals surface area contributed by atoms with E-state index in [1.54, 1.807) is 33.0 Å². The molecule has 0 spiro atoms. The standard InChI is InChI=1S/C25H27F3N4O2/c1-15(2)23(29-24(33)22-19(27)7-4-8-20(22)28)25(34)32(3)13-5-6-18-14-21(31-30-18)16-9-11-17(26)12-10-16/h4,7-12,14-15,23H,5-6,13H2,1-3H3,(H,29,33)(H,30,31)/t23-/m0/s1. The van der Waals surface area contributed by atoms with Crippen LogP contribution >= 0.6 is 0 Å². The fourth-order valence-electron chi connectivity index (χ4n) is 3.55. The molecule has 0 radical (unpaired) electrons. The Hall–Kier alpha value is -3.62. The highest BCUT2D eigenvalue weighted by Gasteiger charge is 2.29. The molecule has 2 N–H and O–H groups in total. The average molecular weight is 473 g/mol. The monoisotopic (exact) mass is 472 g/mol. The third-order valence-electron chi connectivity index (χ3n) is 5.50. The number of benzene rings is 2. The van der Waals surface area contributed by atoms with Crippen LogP contribution in [0.1, 0.15) is 36.3 Å². The lowest BCUT2D eigenvalue weighted by Gasteiger charge is -2.27. The summed E-state index contributed by atoms with van der Waals surface area (Å²) in [5.74, 6) is -3.90. The Labute approximate surface area is 196 Å². The van der Waals surface area contributed by atoms with Crippen LogP contribution in [0.4, 0.5) is 13.2 Å². The van der Waals surface area contributed by atoms with Crippen molar-refractivity contribution in [2.24, 2.45) is 5.92 Å². The quantitative estimate of drug-likeness (QED) is 0.486. The van der Waals surface area contributed by atoms with Gasteiger partial charge in [-0.15, -0.1) is 0 Å². The number of nitrogens with one attached hydrogen (secondary N) is 2. The second kappa shape index (κ2) is 11.0. The van der Waals surface area contributed by atoms with Crippen molar-refractivity contribution < 1.29 is 22.8 Å².